The average molecular weight is 472 g/mol. The number of amides is 2. The molecular formula is C22H18BrClN3O2+. The number of carbonyl (C=O) groups excluding carboxylic acids is 2. The number of hydrogen-bond acceptors (Lipinski definition) is 2. The van der Waals surface area contributed by atoms with E-state index in [4.69, 9.17) is 11.6 Å². The summed E-state index contributed by atoms with van der Waals surface area (Å²) >= 11 is 9.47. The number of aryl methyl sites for hydroxylation is 1. The first-order valence-electron chi connectivity index (χ1n) is 9.07. The molecule has 1 aliphatic heterocycles. The monoisotopic (exact) mass is 470 g/mol. The van der Waals surface area contributed by atoms with Crippen molar-refractivity contribution in [3.63, 3.8) is 0 Å². The largest absolute Gasteiger partial charge is 0.324 e. The van der Waals surface area contributed by atoms with Crippen LogP contribution in [0.15, 0.2) is 71.3 Å². The van der Waals surface area contributed by atoms with E-state index in [0.717, 1.165) is 15.7 Å². The predicted molar refractivity (Wildman–Crippen MR) is 116 cm³/mol. The highest BCUT2D eigenvalue weighted by atomic mass is 79.9. The molecule has 1 aromatic heterocycles. The van der Waals surface area contributed by atoms with Crippen molar-refractivity contribution in [2.24, 2.45) is 0 Å². The summed E-state index contributed by atoms with van der Waals surface area (Å²) in [7, 11) is 0. The Labute approximate surface area is 182 Å². The minimum Gasteiger partial charge on any atom is -0.324 e. The lowest BCUT2D eigenvalue weighted by Gasteiger charge is -2.32. The van der Waals surface area contributed by atoms with Gasteiger partial charge in [0.25, 0.3) is 11.8 Å². The Hall–Kier alpha value is -2.70. The fourth-order valence-electron chi connectivity index (χ4n) is 3.40. The second-order valence-corrected chi connectivity index (χ2v) is 8.14. The Morgan fingerprint density at radius 1 is 1.17 bits per heavy atom. The Balaban J connectivity index is 1.78. The van der Waals surface area contributed by atoms with Gasteiger partial charge in [-0.15, -0.1) is 0 Å². The zero-order valence-corrected chi connectivity index (χ0v) is 17.9. The van der Waals surface area contributed by atoms with E-state index < -0.39 is 6.04 Å². The van der Waals surface area contributed by atoms with Gasteiger partial charge in [0, 0.05) is 33.0 Å². The number of halogens is 2. The lowest BCUT2D eigenvalue weighted by atomic mass is 10.0. The number of rotatable bonds is 3. The van der Waals surface area contributed by atoms with Crippen molar-refractivity contribution in [2.45, 2.75) is 19.5 Å². The summed E-state index contributed by atoms with van der Waals surface area (Å²) in [6.45, 7) is 2.15. The number of benzene rings is 2. The molecule has 2 aromatic carbocycles. The van der Waals surface area contributed by atoms with E-state index in [1.807, 2.05) is 54.1 Å². The van der Waals surface area contributed by atoms with Crippen molar-refractivity contribution in [2.75, 3.05) is 10.2 Å². The van der Waals surface area contributed by atoms with Gasteiger partial charge in [0.2, 0.25) is 18.3 Å². The molecule has 0 saturated carbocycles. The third-order valence-electron chi connectivity index (χ3n) is 4.88. The molecule has 0 radical (unpaired) electrons. The number of pyridine rings is 1. The molecule has 1 unspecified atom stereocenters. The van der Waals surface area contributed by atoms with Gasteiger partial charge in [0.05, 0.1) is 0 Å². The summed E-state index contributed by atoms with van der Waals surface area (Å²) < 4.78 is 2.69. The zero-order chi connectivity index (χ0) is 20.5. The molecular weight excluding hydrogens is 454 g/mol. The Morgan fingerprint density at radius 3 is 2.66 bits per heavy atom. The van der Waals surface area contributed by atoms with Gasteiger partial charge in [-0.3, -0.25) is 14.5 Å². The van der Waals surface area contributed by atoms with Crippen LogP contribution in [0.1, 0.15) is 17.3 Å². The fourth-order valence-corrected chi connectivity index (χ4v) is 3.89. The summed E-state index contributed by atoms with van der Waals surface area (Å²) in [5.74, 6) is -0.447. The van der Waals surface area contributed by atoms with Crippen LogP contribution in [0.5, 0.6) is 0 Å². The minimum absolute atomic E-state index is 0.152. The van der Waals surface area contributed by atoms with Gasteiger partial charge in [-0.05, 0) is 48.9 Å². The normalized spacial score (nSPS) is 15.8. The number of nitrogens with one attached hydrogen (secondary N) is 1. The quantitative estimate of drug-likeness (QED) is 0.575. The number of nitrogens with zero attached hydrogens (tertiary/aromatic N) is 2. The third-order valence-corrected chi connectivity index (χ3v) is 5.99. The molecule has 0 aliphatic carbocycles. The van der Waals surface area contributed by atoms with Gasteiger partial charge in [0.1, 0.15) is 0 Å². The lowest BCUT2D eigenvalue weighted by Crippen LogP contribution is -2.58. The van der Waals surface area contributed by atoms with Crippen LogP contribution in [0.2, 0.25) is 5.02 Å². The fraction of sp³-hybridized carbons (Fsp3) is 0.136. The first-order valence-corrected chi connectivity index (χ1v) is 10.2. The molecule has 0 spiro atoms. The van der Waals surface area contributed by atoms with Gasteiger partial charge in [-0.2, -0.15) is 4.57 Å². The van der Waals surface area contributed by atoms with E-state index >= 15 is 0 Å². The summed E-state index contributed by atoms with van der Waals surface area (Å²) in [4.78, 5) is 28.0. The number of hydrogen-bond donors (Lipinski definition) is 1. The first kappa shape index (κ1) is 19.6. The molecule has 2 amide bonds. The zero-order valence-electron chi connectivity index (χ0n) is 15.6. The smallest absolute Gasteiger partial charge is 0.294 e. The van der Waals surface area contributed by atoms with Gasteiger partial charge in [0.15, 0.2) is 6.20 Å². The molecule has 4 rings (SSSR count). The SMILES string of the molecule is Cc1ccc(N2C(=O)C[n+]3ccccc3C2C(=O)Nc2ccc(Cl)cc2)cc1Br. The molecule has 0 fully saturated rings. The molecule has 2 heterocycles. The van der Waals surface area contributed by atoms with Crippen molar-refractivity contribution in [3.8, 4) is 0 Å². The van der Waals surface area contributed by atoms with Crippen LogP contribution >= 0.6 is 27.5 Å². The number of carbonyl (C=O) groups is 2. The van der Waals surface area contributed by atoms with Crippen LogP contribution < -0.4 is 14.8 Å². The number of anilines is 2. The molecule has 0 bridgehead atoms. The van der Waals surface area contributed by atoms with E-state index in [0.29, 0.717) is 16.4 Å². The summed E-state index contributed by atoms with van der Waals surface area (Å²) in [5, 5.41) is 3.50. The maximum atomic E-state index is 13.3. The molecule has 146 valence electrons. The molecule has 1 atom stereocenters. The molecule has 1 N–H and O–H groups in total. The van der Waals surface area contributed by atoms with Crippen LogP contribution in [0.4, 0.5) is 11.4 Å². The topological polar surface area (TPSA) is 53.3 Å². The highest BCUT2D eigenvalue weighted by Gasteiger charge is 2.43. The molecule has 1 aliphatic rings. The molecule has 7 heteroatoms. The molecule has 29 heavy (non-hydrogen) atoms. The molecule has 0 saturated heterocycles. The van der Waals surface area contributed by atoms with Crippen molar-refractivity contribution < 1.29 is 14.2 Å². The van der Waals surface area contributed by atoms with Gasteiger partial charge < -0.3 is 5.32 Å². The number of fused-ring (bicyclic) bond motifs is 1. The van der Waals surface area contributed by atoms with Crippen molar-refractivity contribution in [1.82, 2.24) is 0 Å². The van der Waals surface area contributed by atoms with E-state index in [-0.39, 0.29) is 18.4 Å². The van der Waals surface area contributed by atoms with Crippen molar-refractivity contribution >= 4 is 50.7 Å². The highest BCUT2D eigenvalue weighted by Crippen LogP contribution is 2.32. The van der Waals surface area contributed by atoms with Crippen molar-refractivity contribution in [3.05, 3.63) is 87.6 Å². The standard InChI is InChI=1S/C22H17BrClN3O2/c1-14-5-10-17(12-18(14)23)27-20(28)13-26-11-3-2-4-19(26)21(27)22(29)25-16-8-6-15(24)7-9-16/h2-12,21H,13H2,1H3/p+1. The third kappa shape index (κ3) is 3.91. The Morgan fingerprint density at radius 2 is 1.93 bits per heavy atom. The highest BCUT2D eigenvalue weighted by molar-refractivity contribution is 9.10. The lowest BCUT2D eigenvalue weighted by molar-refractivity contribution is -0.695. The number of aromatic nitrogens is 1. The van der Waals surface area contributed by atoms with E-state index in [9.17, 15) is 9.59 Å². The van der Waals surface area contributed by atoms with Crippen LogP contribution in [-0.4, -0.2) is 11.8 Å². The van der Waals surface area contributed by atoms with Crippen LogP contribution in [0.25, 0.3) is 0 Å². The van der Waals surface area contributed by atoms with Crippen molar-refractivity contribution in [1.29, 1.82) is 0 Å². The second kappa shape index (κ2) is 7.97. The summed E-state index contributed by atoms with van der Waals surface area (Å²) in [5.41, 5.74) is 3.08. The Kier molecular flexibility index (Phi) is 5.39. The van der Waals surface area contributed by atoms with E-state index in [1.54, 1.807) is 29.2 Å². The first-order chi connectivity index (χ1) is 13.9. The maximum Gasteiger partial charge on any atom is 0.294 e. The minimum atomic E-state index is -0.803. The van der Waals surface area contributed by atoms with Crippen LogP contribution in [0.3, 0.4) is 0 Å². The van der Waals surface area contributed by atoms with Gasteiger partial charge in [-0.1, -0.05) is 39.7 Å². The van der Waals surface area contributed by atoms with Crippen LogP contribution in [-0.2, 0) is 16.1 Å². The molecule has 3 aromatic rings. The Bertz CT molecular complexity index is 1100. The molecule has 5 nitrogen and oxygen atoms in total. The summed E-state index contributed by atoms with van der Waals surface area (Å²) in [6, 6.07) is 17.3. The maximum absolute atomic E-state index is 13.3. The van der Waals surface area contributed by atoms with E-state index in [2.05, 4.69) is 21.2 Å². The second-order valence-electron chi connectivity index (χ2n) is 6.85. The average Bonchev–Trinajstić information content (AvgIpc) is 2.71. The predicted octanol–water partition coefficient (Wildman–Crippen LogP) is 4.43. The van der Waals surface area contributed by atoms with Gasteiger partial charge >= 0.3 is 0 Å². The summed E-state index contributed by atoms with van der Waals surface area (Å²) in [6.07, 6.45) is 1.82. The van der Waals surface area contributed by atoms with Gasteiger partial charge in [-0.25, -0.2) is 0 Å². The van der Waals surface area contributed by atoms with Crippen LogP contribution in [0, 0.1) is 6.92 Å². The van der Waals surface area contributed by atoms with E-state index in [1.165, 1.54) is 0 Å².